The van der Waals surface area contributed by atoms with Gasteiger partial charge >= 0.3 is 0 Å². The van der Waals surface area contributed by atoms with Gasteiger partial charge in [0.2, 0.25) is 11.8 Å². The molecule has 1 N–H and O–H groups in total. The number of aromatic nitrogens is 2. The van der Waals surface area contributed by atoms with Crippen molar-refractivity contribution in [2.24, 2.45) is 13.0 Å². The number of piperidine rings is 1. The van der Waals surface area contributed by atoms with Crippen LogP contribution in [0.25, 0.3) is 11.0 Å². The van der Waals surface area contributed by atoms with Crippen molar-refractivity contribution < 1.29 is 9.59 Å². The summed E-state index contributed by atoms with van der Waals surface area (Å²) in [6.45, 7) is 7.14. The summed E-state index contributed by atoms with van der Waals surface area (Å²) in [5.41, 5.74) is 2.74. The Balaban J connectivity index is 1.70. The summed E-state index contributed by atoms with van der Waals surface area (Å²) in [6, 6.07) is 5.86. The van der Waals surface area contributed by atoms with Crippen LogP contribution in [-0.4, -0.2) is 39.4 Å². The van der Waals surface area contributed by atoms with E-state index in [4.69, 9.17) is 0 Å². The highest BCUT2D eigenvalue weighted by Gasteiger charge is 2.26. The Hall–Kier alpha value is -2.37. The van der Waals surface area contributed by atoms with Crippen molar-refractivity contribution >= 4 is 28.5 Å². The van der Waals surface area contributed by atoms with Gasteiger partial charge in [-0.15, -0.1) is 0 Å². The second kappa shape index (κ2) is 6.86. The third kappa shape index (κ3) is 3.52. The first-order valence-corrected chi connectivity index (χ1v) is 8.89. The van der Waals surface area contributed by atoms with Crippen molar-refractivity contribution in [3.8, 4) is 0 Å². The van der Waals surface area contributed by atoms with Gasteiger partial charge in [-0.3, -0.25) is 9.59 Å². The Morgan fingerprint density at radius 1 is 1.24 bits per heavy atom. The monoisotopic (exact) mass is 342 g/mol. The van der Waals surface area contributed by atoms with Gasteiger partial charge in [0, 0.05) is 44.6 Å². The van der Waals surface area contributed by atoms with E-state index in [0.717, 1.165) is 35.4 Å². The maximum absolute atomic E-state index is 12.5. The van der Waals surface area contributed by atoms with Crippen LogP contribution in [-0.2, 0) is 16.6 Å². The molecule has 0 radical (unpaired) electrons. The molecule has 134 valence electrons. The SMILES string of the molecule is CC(=O)N1CCC(C(=O)Nc2ccc3c(c2)nc(C(C)C)n3C)CC1. The first kappa shape index (κ1) is 17.5. The Morgan fingerprint density at radius 3 is 2.52 bits per heavy atom. The number of carbonyl (C=O) groups is 2. The Morgan fingerprint density at radius 2 is 1.92 bits per heavy atom. The molecule has 0 unspecified atom stereocenters. The first-order chi connectivity index (χ1) is 11.9. The molecule has 6 nitrogen and oxygen atoms in total. The molecule has 1 aromatic carbocycles. The molecule has 1 fully saturated rings. The number of nitrogens with one attached hydrogen (secondary N) is 1. The summed E-state index contributed by atoms with van der Waals surface area (Å²) in [5.74, 6) is 1.46. The number of hydrogen-bond donors (Lipinski definition) is 1. The van der Waals surface area contributed by atoms with Crippen LogP contribution in [0.1, 0.15) is 45.4 Å². The van der Waals surface area contributed by atoms with Gasteiger partial charge in [-0.1, -0.05) is 13.8 Å². The van der Waals surface area contributed by atoms with Crippen LogP contribution in [0.3, 0.4) is 0 Å². The summed E-state index contributed by atoms with van der Waals surface area (Å²) in [7, 11) is 2.02. The van der Waals surface area contributed by atoms with E-state index in [2.05, 4.69) is 28.7 Å². The number of carbonyl (C=O) groups excluding carboxylic acids is 2. The highest BCUT2D eigenvalue weighted by molar-refractivity contribution is 5.94. The molecule has 0 aliphatic carbocycles. The topological polar surface area (TPSA) is 67.2 Å². The summed E-state index contributed by atoms with van der Waals surface area (Å²) in [5, 5.41) is 3.01. The van der Waals surface area contributed by atoms with E-state index in [0.29, 0.717) is 19.0 Å². The highest BCUT2D eigenvalue weighted by Crippen LogP contribution is 2.25. The molecule has 1 aliphatic heterocycles. The standard InChI is InChI=1S/C19H26N4O2/c1-12(2)18-21-16-11-15(5-6-17(16)22(18)4)20-19(25)14-7-9-23(10-8-14)13(3)24/h5-6,11-12,14H,7-10H2,1-4H3,(H,20,25). The summed E-state index contributed by atoms with van der Waals surface area (Å²) in [6.07, 6.45) is 1.43. The largest absolute Gasteiger partial charge is 0.343 e. The van der Waals surface area contributed by atoms with E-state index in [1.165, 1.54) is 0 Å². The lowest BCUT2D eigenvalue weighted by Gasteiger charge is -2.30. The molecular weight excluding hydrogens is 316 g/mol. The smallest absolute Gasteiger partial charge is 0.227 e. The predicted octanol–water partition coefficient (Wildman–Crippen LogP) is 2.89. The number of benzene rings is 1. The molecule has 0 saturated carbocycles. The minimum Gasteiger partial charge on any atom is -0.343 e. The van der Waals surface area contributed by atoms with Crippen LogP contribution >= 0.6 is 0 Å². The molecule has 2 amide bonds. The lowest BCUT2D eigenvalue weighted by atomic mass is 9.96. The number of rotatable bonds is 3. The van der Waals surface area contributed by atoms with Gasteiger partial charge in [-0.2, -0.15) is 0 Å². The van der Waals surface area contributed by atoms with Crippen molar-refractivity contribution in [1.29, 1.82) is 0 Å². The molecule has 2 heterocycles. The van der Waals surface area contributed by atoms with Gasteiger partial charge < -0.3 is 14.8 Å². The molecule has 1 aromatic heterocycles. The van der Waals surface area contributed by atoms with Gasteiger partial charge in [0.25, 0.3) is 0 Å². The number of hydrogen-bond acceptors (Lipinski definition) is 3. The first-order valence-electron chi connectivity index (χ1n) is 8.89. The average Bonchev–Trinajstić information content (AvgIpc) is 2.91. The molecule has 0 spiro atoms. The average molecular weight is 342 g/mol. The Bertz CT molecular complexity index is 801. The van der Waals surface area contributed by atoms with Gasteiger partial charge in [-0.25, -0.2) is 4.98 Å². The predicted molar refractivity (Wildman–Crippen MR) is 98.4 cm³/mol. The number of fused-ring (bicyclic) bond motifs is 1. The maximum atomic E-state index is 12.5. The van der Waals surface area contributed by atoms with Gasteiger partial charge in [-0.05, 0) is 31.0 Å². The lowest BCUT2D eigenvalue weighted by molar-refractivity contribution is -0.132. The van der Waals surface area contributed by atoms with E-state index in [1.54, 1.807) is 11.8 Å². The van der Waals surface area contributed by atoms with Crippen molar-refractivity contribution in [3.63, 3.8) is 0 Å². The highest BCUT2D eigenvalue weighted by atomic mass is 16.2. The second-order valence-corrected chi connectivity index (χ2v) is 7.16. The van der Waals surface area contributed by atoms with Gasteiger partial charge in [0.05, 0.1) is 11.0 Å². The zero-order valence-electron chi connectivity index (χ0n) is 15.4. The van der Waals surface area contributed by atoms with E-state index < -0.39 is 0 Å². The molecule has 0 bridgehead atoms. The number of nitrogens with zero attached hydrogens (tertiary/aromatic N) is 3. The van der Waals surface area contributed by atoms with E-state index in [9.17, 15) is 9.59 Å². The minimum atomic E-state index is -0.0405. The molecule has 1 saturated heterocycles. The van der Waals surface area contributed by atoms with E-state index >= 15 is 0 Å². The fourth-order valence-corrected chi connectivity index (χ4v) is 3.51. The lowest BCUT2D eigenvalue weighted by Crippen LogP contribution is -2.40. The Kier molecular flexibility index (Phi) is 4.79. The number of imidazole rings is 1. The quantitative estimate of drug-likeness (QED) is 0.932. The van der Waals surface area contributed by atoms with Crippen molar-refractivity contribution in [1.82, 2.24) is 14.5 Å². The molecular formula is C19H26N4O2. The van der Waals surface area contributed by atoms with Crippen LogP contribution in [0, 0.1) is 5.92 Å². The third-order valence-corrected chi connectivity index (χ3v) is 5.01. The molecule has 0 atom stereocenters. The zero-order valence-corrected chi connectivity index (χ0v) is 15.4. The number of aryl methyl sites for hydroxylation is 1. The molecule has 3 rings (SSSR count). The van der Waals surface area contributed by atoms with Crippen LogP contribution < -0.4 is 5.32 Å². The summed E-state index contributed by atoms with van der Waals surface area (Å²) < 4.78 is 2.10. The van der Waals surface area contributed by atoms with Crippen molar-refractivity contribution in [2.75, 3.05) is 18.4 Å². The van der Waals surface area contributed by atoms with Crippen LogP contribution in [0.15, 0.2) is 18.2 Å². The molecule has 1 aliphatic rings. The fraction of sp³-hybridized carbons (Fsp3) is 0.526. The summed E-state index contributed by atoms with van der Waals surface area (Å²) >= 11 is 0. The molecule has 25 heavy (non-hydrogen) atoms. The summed E-state index contributed by atoms with van der Waals surface area (Å²) in [4.78, 5) is 30.4. The van der Waals surface area contributed by atoms with Crippen LogP contribution in [0.2, 0.25) is 0 Å². The molecule has 2 aromatic rings. The molecule has 6 heteroatoms. The number of anilines is 1. The van der Waals surface area contributed by atoms with Gasteiger partial charge in [0.1, 0.15) is 5.82 Å². The van der Waals surface area contributed by atoms with E-state index in [1.807, 2.05) is 25.2 Å². The minimum absolute atomic E-state index is 0.0302. The van der Waals surface area contributed by atoms with Crippen LogP contribution in [0.5, 0.6) is 0 Å². The van der Waals surface area contributed by atoms with Crippen molar-refractivity contribution in [3.05, 3.63) is 24.0 Å². The van der Waals surface area contributed by atoms with Gasteiger partial charge in [0.15, 0.2) is 0 Å². The number of amides is 2. The fourth-order valence-electron chi connectivity index (χ4n) is 3.51. The Labute approximate surface area is 148 Å². The van der Waals surface area contributed by atoms with Crippen molar-refractivity contribution in [2.45, 2.75) is 39.5 Å². The normalized spacial score (nSPS) is 15.8. The van der Waals surface area contributed by atoms with Crippen LogP contribution in [0.4, 0.5) is 5.69 Å². The second-order valence-electron chi connectivity index (χ2n) is 7.16. The van der Waals surface area contributed by atoms with E-state index in [-0.39, 0.29) is 17.7 Å². The zero-order chi connectivity index (χ0) is 18.1. The number of likely N-dealkylation sites (tertiary alicyclic amines) is 1. The third-order valence-electron chi connectivity index (χ3n) is 5.01. The maximum Gasteiger partial charge on any atom is 0.227 e.